The number of thiophene rings is 2. The van der Waals surface area contributed by atoms with Crippen molar-refractivity contribution in [1.82, 2.24) is 0 Å². The van der Waals surface area contributed by atoms with Gasteiger partial charge in [0.25, 0.3) is 0 Å². The Kier molecular flexibility index (Phi) is 4.26. The lowest BCUT2D eigenvalue weighted by atomic mass is 9.93. The van der Waals surface area contributed by atoms with Gasteiger partial charge in [-0.25, -0.2) is 0 Å². The molecule has 0 aliphatic rings. The summed E-state index contributed by atoms with van der Waals surface area (Å²) >= 11 is 3.75. The molecular weight excluding hydrogens is 400 g/mol. The first-order valence-electron chi connectivity index (χ1n) is 10.0. The van der Waals surface area contributed by atoms with E-state index in [-0.39, 0.29) is 0 Å². The maximum Gasteiger partial charge on any atom is 0.0368 e. The average Bonchev–Trinajstić information content (AvgIpc) is 3.43. The van der Waals surface area contributed by atoms with Crippen LogP contribution < -0.4 is 0 Å². The van der Waals surface area contributed by atoms with E-state index in [1.165, 1.54) is 52.2 Å². The Hall–Kier alpha value is -3.20. The van der Waals surface area contributed by atoms with Gasteiger partial charge in [0.1, 0.15) is 0 Å². The van der Waals surface area contributed by atoms with Crippen LogP contribution in [0.5, 0.6) is 0 Å². The molecule has 30 heavy (non-hydrogen) atoms. The van der Waals surface area contributed by atoms with E-state index < -0.39 is 0 Å². The van der Waals surface area contributed by atoms with Gasteiger partial charge in [0.2, 0.25) is 0 Å². The summed E-state index contributed by atoms with van der Waals surface area (Å²) in [7, 11) is 0. The largest absolute Gasteiger partial charge is 0.135 e. The molecule has 0 radical (unpaired) electrons. The Bertz CT molecular complexity index is 1420. The van der Waals surface area contributed by atoms with Crippen molar-refractivity contribution < 1.29 is 0 Å². The minimum absolute atomic E-state index is 1.26. The fraction of sp³-hybridized carbons (Fsp3) is 0. The lowest BCUT2D eigenvalue weighted by molar-refractivity contribution is 1.61. The molecule has 0 unspecified atom stereocenters. The van der Waals surface area contributed by atoms with E-state index in [4.69, 9.17) is 0 Å². The van der Waals surface area contributed by atoms with Crippen molar-refractivity contribution in [3.63, 3.8) is 0 Å². The van der Waals surface area contributed by atoms with Crippen molar-refractivity contribution in [2.75, 3.05) is 0 Å². The molecule has 142 valence electrons. The summed E-state index contributed by atoms with van der Waals surface area (Å²) in [6.45, 7) is 0. The van der Waals surface area contributed by atoms with E-state index >= 15 is 0 Å². The molecule has 0 amide bonds. The molecule has 0 aliphatic heterocycles. The van der Waals surface area contributed by atoms with Crippen molar-refractivity contribution in [2.24, 2.45) is 0 Å². The van der Waals surface area contributed by atoms with E-state index in [9.17, 15) is 0 Å². The highest BCUT2D eigenvalue weighted by atomic mass is 32.1. The Morgan fingerprint density at radius 1 is 0.433 bits per heavy atom. The summed E-state index contributed by atoms with van der Waals surface area (Å²) in [5, 5.41) is 2.62. The standard InChI is InChI=1S/C28H18S2/c1-2-9-19(10-3-1)22-13-8-14-23(26-17-20-11-4-6-15-24(20)29-26)28(22)27-18-21-12-5-7-16-25(21)30-27/h1-18H. The van der Waals surface area contributed by atoms with Gasteiger partial charge in [0, 0.05) is 30.3 Å². The Labute approximate surface area is 183 Å². The second kappa shape index (κ2) is 7.24. The van der Waals surface area contributed by atoms with Crippen LogP contribution in [0, 0.1) is 0 Å². The lowest BCUT2D eigenvalue weighted by Crippen LogP contribution is -1.87. The second-order valence-electron chi connectivity index (χ2n) is 7.39. The molecule has 4 aromatic carbocycles. The fourth-order valence-corrected chi connectivity index (χ4v) is 6.33. The molecule has 6 rings (SSSR count). The molecule has 2 heterocycles. The molecule has 0 N–H and O–H groups in total. The third-order valence-electron chi connectivity index (χ3n) is 5.51. The smallest absolute Gasteiger partial charge is 0.0368 e. The zero-order valence-electron chi connectivity index (χ0n) is 16.2. The predicted molar refractivity (Wildman–Crippen MR) is 134 cm³/mol. The van der Waals surface area contributed by atoms with Crippen LogP contribution in [0.4, 0.5) is 0 Å². The van der Waals surface area contributed by atoms with E-state index in [0.29, 0.717) is 0 Å². The highest BCUT2D eigenvalue weighted by Gasteiger charge is 2.17. The van der Waals surface area contributed by atoms with Gasteiger partial charge in [-0.2, -0.15) is 0 Å². The normalized spacial score (nSPS) is 11.3. The van der Waals surface area contributed by atoms with Crippen molar-refractivity contribution >= 4 is 42.8 Å². The third kappa shape index (κ3) is 2.97. The molecule has 2 aromatic heterocycles. The van der Waals surface area contributed by atoms with Crippen LogP contribution in [0.3, 0.4) is 0 Å². The van der Waals surface area contributed by atoms with Crippen LogP contribution in [-0.2, 0) is 0 Å². The average molecular weight is 419 g/mol. The fourth-order valence-electron chi connectivity index (χ4n) is 4.10. The molecule has 0 nitrogen and oxygen atoms in total. The van der Waals surface area contributed by atoms with E-state index in [2.05, 4.69) is 109 Å². The maximum absolute atomic E-state index is 2.35. The summed E-state index contributed by atoms with van der Waals surface area (Å²) in [5.74, 6) is 0. The van der Waals surface area contributed by atoms with Crippen molar-refractivity contribution in [2.45, 2.75) is 0 Å². The number of hydrogen-bond donors (Lipinski definition) is 0. The van der Waals surface area contributed by atoms with Gasteiger partial charge in [-0.1, -0.05) is 84.9 Å². The zero-order valence-corrected chi connectivity index (χ0v) is 17.8. The van der Waals surface area contributed by atoms with Gasteiger partial charge in [0.15, 0.2) is 0 Å². The van der Waals surface area contributed by atoms with Gasteiger partial charge in [-0.3, -0.25) is 0 Å². The molecule has 0 bridgehead atoms. The quantitative estimate of drug-likeness (QED) is 0.269. The van der Waals surface area contributed by atoms with Crippen LogP contribution in [-0.4, -0.2) is 0 Å². The molecule has 0 spiro atoms. The Morgan fingerprint density at radius 2 is 1.00 bits per heavy atom. The van der Waals surface area contributed by atoms with Crippen LogP contribution in [0.15, 0.2) is 109 Å². The highest BCUT2D eigenvalue weighted by molar-refractivity contribution is 7.23. The van der Waals surface area contributed by atoms with Crippen molar-refractivity contribution in [1.29, 1.82) is 0 Å². The van der Waals surface area contributed by atoms with Gasteiger partial charge >= 0.3 is 0 Å². The molecule has 0 atom stereocenters. The summed E-state index contributed by atoms with van der Waals surface area (Å²) in [5.41, 5.74) is 5.19. The minimum Gasteiger partial charge on any atom is -0.135 e. The van der Waals surface area contributed by atoms with Gasteiger partial charge < -0.3 is 0 Å². The third-order valence-corrected chi connectivity index (χ3v) is 7.80. The predicted octanol–water partition coefficient (Wildman–Crippen LogP) is 9.12. The number of benzene rings is 4. The van der Waals surface area contributed by atoms with Crippen molar-refractivity contribution in [3.05, 3.63) is 109 Å². The Balaban J connectivity index is 1.66. The van der Waals surface area contributed by atoms with Crippen LogP contribution in [0.25, 0.3) is 52.2 Å². The van der Waals surface area contributed by atoms with Crippen molar-refractivity contribution in [3.8, 4) is 32.0 Å². The first-order chi connectivity index (χ1) is 14.9. The van der Waals surface area contributed by atoms with E-state index in [1.807, 2.05) is 22.7 Å². The van der Waals surface area contributed by atoms with Gasteiger partial charge in [0.05, 0.1) is 0 Å². The van der Waals surface area contributed by atoms with Crippen LogP contribution in [0.1, 0.15) is 0 Å². The topological polar surface area (TPSA) is 0 Å². The summed E-state index contributed by atoms with van der Waals surface area (Å²) in [6.07, 6.45) is 0. The molecular formula is C28H18S2. The summed E-state index contributed by atoms with van der Waals surface area (Å²) in [6, 6.07) is 39.5. The summed E-state index contributed by atoms with van der Waals surface area (Å²) in [4.78, 5) is 2.64. The molecule has 6 aromatic rings. The zero-order chi connectivity index (χ0) is 19.9. The van der Waals surface area contributed by atoms with E-state index in [1.54, 1.807) is 0 Å². The van der Waals surface area contributed by atoms with Gasteiger partial charge in [-0.15, -0.1) is 22.7 Å². The Morgan fingerprint density at radius 3 is 1.70 bits per heavy atom. The molecule has 0 saturated carbocycles. The maximum atomic E-state index is 2.35. The monoisotopic (exact) mass is 418 g/mol. The lowest BCUT2D eigenvalue weighted by Gasteiger charge is -2.13. The first-order valence-corrected chi connectivity index (χ1v) is 11.7. The number of hydrogen-bond acceptors (Lipinski definition) is 2. The SMILES string of the molecule is c1ccc(-c2cccc(-c3cc4ccccc4s3)c2-c2cc3ccccc3s2)cc1. The number of rotatable bonds is 3. The van der Waals surface area contributed by atoms with Gasteiger partial charge in [-0.05, 0) is 46.2 Å². The van der Waals surface area contributed by atoms with Crippen LogP contribution in [0.2, 0.25) is 0 Å². The number of fused-ring (bicyclic) bond motifs is 2. The highest BCUT2D eigenvalue weighted by Crippen LogP contribution is 2.46. The second-order valence-corrected chi connectivity index (χ2v) is 9.56. The first kappa shape index (κ1) is 17.6. The molecule has 0 aliphatic carbocycles. The summed E-state index contributed by atoms with van der Waals surface area (Å²) < 4.78 is 2.66. The molecule has 0 saturated heterocycles. The van der Waals surface area contributed by atoms with E-state index in [0.717, 1.165) is 0 Å². The van der Waals surface area contributed by atoms with Crippen LogP contribution >= 0.6 is 22.7 Å². The molecule has 0 fully saturated rings. The molecule has 2 heteroatoms. The minimum atomic E-state index is 1.26.